The summed E-state index contributed by atoms with van der Waals surface area (Å²) >= 11 is 0. The average molecular weight is 366 g/mol. The SMILES string of the molecule is O=[P+]([O-])C1(O)C(O)C(O)([P+](=O)[O-])C(O)C(O)([P+](=O)[O-])C1O. The molecule has 120 valence electrons. The van der Waals surface area contributed by atoms with Gasteiger partial charge >= 0.3 is 40.1 Å². The maximum atomic E-state index is 11.0. The van der Waals surface area contributed by atoms with E-state index in [4.69, 9.17) is 0 Å². The van der Waals surface area contributed by atoms with E-state index in [1.54, 1.807) is 0 Å². The van der Waals surface area contributed by atoms with Gasteiger partial charge in [-0.05, 0) is 0 Å². The van der Waals surface area contributed by atoms with Crippen molar-refractivity contribution in [3.8, 4) is 0 Å². The van der Waals surface area contributed by atoms with Gasteiger partial charge in [0.1, 0.15) is 0 Å². The lowest BCUT2D eigenvalue weighted by Crippen LogP contribution is -2.79. The molecular formula is C6H9O12P3. The van der Waals surface area contributed by atoms with Crippen molar-refractivity contribution in [1.82, 2.24) is 0 Å². The molecule has 0 bridgehead atoms. The molecule has 0 amide bonds. The first-order valence-electron chi connectivity index (χ1n) is 4.94. The van der Waals surface area contributed by atoms with E-state index in [-0.39, 0.29) is 0 Å². The number of hydrogen-bond donors (Lipinski definition) is 6. The molecule has 21 heavy (non-hydrogen) atoms. The zero-order valence-corrected chi connectivity index (χ0v) is 12.4. The number of hydrogen-bond acceptors (Lipinski definition) is 12. The van der Waals surface area contributed by atoms with Crippen molar-refractivity contribution < 1.29 is 59.0 Å². The summed E-state index contributed by atoms with van der Waals surface area (Å²) in [6.45, 7) is 0. The molecule has 12 nitrogen and oxygen atoms in total. The summed E-state index contributed by atoms with van der Waals surface area (Å²) in [5.74, 6) is 0. The second-order valence-corrected chi connectivity index (χ2v) is 8.02. The molecular weight excluding hydrogens is 357 g/mol. The molecule has 1 rings (SSSR count). The second kappa shape index (κ2) is 5.54. The van der Waals surface area contributed by atoms with Crippen LogP contribution in [0.1, 0.15) is 0 Å². The smallest absolute Gasteiger partial charge is 0.350 e. The highest BCUT2D eigenvalue weighted by Crippen LogP contribution is 2.59. The van der Waals surface area contributed by atoms with Crippen LogP contribution in [0, 0.1) is 0 Å². The summed E-state index contributed by atoms with van der Waals surface area (Å²) in [7, 11) is -13.1. The molecule has 0 aromatic carbocycles. The molecule has 1 aliphatic rings. The van der Waals surface area contributed by atoms with Crippen molar-refractivity contribution in [3.63, 3.8) is 0 Å². The van der Waals surface area contributed by atoms with E-state index < -0.39 is 58.4 Å². The van der Waals surface area contributed by atoms with Gasteiger partial charge in [-0.25, -0.2) is 0 Å². The average Bonchev–Trinajstić information content (AvgIpc) is 2.39. The number of aliphatic hydroxyl groups is 6. The highest BCUT2D eigenvalue weighted by atomic mass is 31.1. The first-order chi connectivity index (χ1) is 9.29. The van der Waals surface area contributed by atoms with E-state index in [1.807, 2.05) is 0 Å². The Balaban J connectivity index is 3.73. The topological polar surface area (TPSA) is 242 Å². The van der Waals surface area contributed by atoms with Crippen molar-refractivity contribution in [2.45, 2.75) is 34.3 Å². The Labute approximate surface area is 118 Å². The first kappa shape index (κ1) is 19.0. The van der Waals surface area contributed by atoms with Crippen LogP contribution in [-0.4, -0.2) is 65.0 Å². The molecule has 0 saturated heterocycles. The van der Waals surface area contributed by atoms with Gasteiger partial charge in [-0.1, -0.05) is 13.7 Å². The molecule has 15 heteroatoms. The van der Waals surface area contributed by atoms with Crippen LogP contribution in [0.3, 0.4) is 0 Å². The normalized spacial score (nSPS) is 49.6. The minimum atomic E-state index is -4.38. The van der Waals surface area contributed by atoms with Crippen LogP contribution in [0.2, 0.25) is 0 Å². The third kappa shape index (κ3) is 2.21. The van der Waals surface area contributed by atoms with E-state index >= 15 is 0 Å². The van der Waals surface area contributed by atoms with Crippen molar-refractivity contribution in [2.75, 3.05) is 0 Å². The molecule has 0 aliphatic heterocycles. The maximum absolute atomic E-state index is 11.0. The van der Waals surface area contributed by atoms with Crippen molar-refractivity contribution in [2.24, 2.45) is 0 Å². The summed E-state index contributed by atoms with van der Waals surface area (Å²) in [6, 6.07) is 0. The Hall–Kier alpha value is -0.0600. The highest BCUT2D eigenvalue weighted by molar-refractivity contribution is 7.41. The third-order valence-electron chi connectivity index (χ3n) is 3.29. The minimum Gasteiger partial charge on any atom is -0.593 e. The molecule has 0 heterocycles. The van der Waals surface area contributed by atoms with Gasteiger partial charge in [0.25, 0.3) is 0 Å². The van der Waals surface area contributed by atoms with Crippen LogP contribution in [0.25, 0.3) is 0 Å². The molecule has 0 aromatic heterocycles. The van der Waals surface area contributed by atoms with Gasteiger partial charge in [0.05, 0.1) is 0 Å². The molecule has 1 fully saturated rings. The molecule has 3 unspecified atom stereocenters. The summed E-state index contributed by atoms with van der Waals surface area (Å²) in [5.41, 5.74) is 0. The van der Waals surface area contributed by atoms with Crippen LogP contribution < -0.4 is 14.7 Å². The monoisotopic (exact) mass is 366 g/mol. The Kier molecular flexibility index (Phi) is 5.01. The number of aliphatic hydroxyl groups excluding tert-OH is 3. The quantitative estimate of drug-likeness (QED) is 0.256. The summed E-state index contributed by atoms with van der Waals surface area (Å²) in [5, 5.41) is 45.9. The van der Waals surface area contributed by atoms with E-state index in [0.29, 0.717) is 0 Å². The van der Waals surface area contributed by atoms with Crippen LogP contribution in [-0.2, 0) is 13.7 Å². The Morgan fingerprint density at radius 3 is 0.857 bits per heavy atom. The van der Waals surface area contributed by atoms with E-state index in [1.165, 1.54) is 0 Å². The molecule has 1 saturated carbocycles. The second-order valence-electron chi connectivity index (χ2n) is 4.33. The zero-order chi connectivity index (χ0) is 17.0. The van der Waals surface area contributed by atoms with Crippen LogP contribution in [0.15, 0.2) is 0 Å². The fourth-order valence-corrected chi connectivity index (χ4v) is 4.67. The zero-order valence-electron chi connectivity index (χ0n) is 9.71. The first-order valence-corrected chi connectivity index (χ1v) is 8.48. The van der Waals surface area contributed by atoms with Crippen LogP contribution in [0.4, 0.5) is 0 Å². The van der Waals surface area contributed by atoms with Crippen LogP contribution >= 0.6 is 24.1 Å². The lowest BCUT2D eigenvalue weighted by atomic mass is 9.83. The van der Waals surface area contributed by atoms with Gasteiger partial charge in [-0.15, -0.1) is 0 Å². The standard InChI is InChI=1S/C6H9O12P3/c7-1-4(10,19(13)14)2(8)6(12,21(17)18)3(9)5(1,11)20(15)16/h1-3,7-12H. The van der Waals surface area contributed by atoms with E-state index in [9.17, 15) is 59.0 Å². The van der Waals surface area contributed by atoms with Crippen molar-refractivity contribution in [3.05, 3.63) is 0 Å². The highest BCUT2D eigenvalue weighted by Gasteiger charge is 2.86. The summed E-state index contributed by atoms with van der Waals surface area (Å²) in [6.07, 6.45) is -9.77. The molecule has 1 aliphatic carbocycles. The van der Waals surface area contributed by atoms with Crippen molar-refractivity contribution >= 4 is 24.1 Å². The Bertz CT molecular complexity index is 422. The van der Waals surface area contributed by atoms with E-state index in [2.05, 4.69) is 0 Å². The van der Waals surface area contributed by atoms with E-state index in [0.717, 1.165) is 0 Å². The van der Waals surface area contributed by atoms with Gasteiger partial charge in [0.15, 0.2) is 0 Å². The van der Waals surface area contributed by atoms with Gasteiger partial charge in [0, 0.05) is 0 Å². The number of rotatable bonds is 3. The molecule has 0 aromatic rings. The predicted molar refractivity (Wildman–Crippen MR) is 55.7 cm³/mol. The lowest BCUT2D eigenvalue weighted by Gasteiger charge is -2.46. The van der Waals surface area contributed by atoms with Crippen LogP contribution in [0.5, 0.6) is 0 Å². The maximum Gasteiger partial charge on any atom is 0.350 e. The summed E-state index contributed by atoms with van der Waals surface area (Å²) < 4.78 is 33.0. The molecule has 3 atom stereocenters. The predicted octanol–water partition coefficient (Wildman–Crippen LogP) is -5.54. The largest absolute Gasteiger partial charge is 0.593 e. The molecule has 0 spiro atoms. The van der Waals surface area contributed by atoms with Crippen molar-refractivity contribution in [1.29, 1.82) is 0 Å². The fraction of sp³-hybridized carbons (Fsp3) is 1.00. The minimum absolute atomic E-state index is 3.26. The Morgan fingerprint density at radius 1 is 0.619 bits per heavy atom. The van der Waals surface area contributed by atoms with Gasteiger partial charge in [0.2, 0.25) is 18.3 Å². The third-order valence-corrected chi connectivity index (χ3v) is 6.51. The molecule has 0 radical (unpaired) electrons. The van der Waals surface area contributed by atoms with Gasteiger partial charge < -0.3 is 45.3 Å². The van der Waals surface area contributed by atoms with Gasteiger partial charge in [-0.2, -0.15) is 0 Å². The molecule has 6 N–H and O–H groups in total. The fourth-order valence-electron chi connectivity index (χ4n) is 1.99. The van der Waals surface area contributed by atoms with Gasteiger partial charge in [-0.3, -0.25) is 0 Å². The Morgan fingerprint density at radius 2 is 0.762 bits per heavy atom. The summed E-state index contributed by atoms with van der Waals surface area (Å²) in [4.78, 5) is 33.0. The lowest BCUT2D eigenvalue weighted by molar-refractivity contribution is -0.304.